The highest BCUT2D eigenvalue weighted by molar-refractivity contribution is 5.13. The van der Waals surface area contributed by atoms with Crippen LogP contribution in [0.1, 0.15) is 24.8 Å². The van der Waals surface area contributed by atoms with Crippen molar-refractivity contribution in [3.05, 3.63) is 35.9 Å². The molecule has 0 aliphatic carbocycles. The zero-order valence-corrected chi connectivity index (χ0v) is 11.9. The van der Waals surface area contributed by atoms with Gasteiger partial charge in [-0.3, -0.25) is 0 Å². The van der Waals surface area contributed by atoms with Crippen LogP contribution in [-0.2, 0) is 6.54 Å². The number of piperidine rings is 1. The van der Waals surface area contributed by atoms with Crippen LogP contribution in [0.2, 0.25) is 0 Å². The van der Waals surface area contributed by atoms with E-state index in [4.69, 9.17) is 0 Å². The lowest BCUT2D eigenvalue weighted by Crippen LogP contribution is -2.65. The van der Waals surface area contributed by atoms with Crippen LogP contribution < -0.4 is 5.32 Å². The average molecular weight is 260 g/mol. The molecule has 0 bridgehead atoms. The summed E-state index contributed by atoms with van der Waals surface area (Å²) in [6, 6.07) is 11.0. The number of hydrogen-bond acceptors (Lipinski definition) is 2. The molecule has 0 radical (unpaired) electrons. The van der Waals surface area contributed by atoms with Gasteiger partial charge < -0.3 is 5.32 Å². The maximum absolute atomic E-state index is 3.48. The molecule has 0 spiro atoms. The molecule has 2 heterocycles. The van der Waals surface area contributed by atoms with Crippen LogP contribution in [0.4, 0.5) is 0 Å². The quantitative estimate of drug-likeness (QED) is 0.836. The Balaban J connectivity index is 1.79. The molecule has 3 rings (SSSR count). The van der Waals surface area contributed by atoms with Crippen molar-refractivity contribution in [2.24, 2.45) is 0 Å². The van der Waals surface area contributed by atoms with E-state index < -0.39 is 0 Å². The van der Waals surface area contributed by atoms with Gasteiger partial charge in [-0.05, 0) is 19.3 Å². The number of piperazine rings is 1. The number of benzene rings is 1. The molecule has 104 valence electrons. The highest BCUT2D eigenvalue weighted by Gasteiger charge is 2.37. The molecule has 1 aromatic rings. The van der Waals surface area contributed by atoms with Crippen molar-refractivity contribution in [1.82, 2.24) is 10.3 Å². The highest BCUT2D eigenvalue weighted by Crippen LogP contribution is 2.26. The van der Waals surface area contributed by atoms with Crippen molar-refractivity contribution in [3.8, 4) is 0 Å². The summed E-state index contributed by atoms with van der Waals surface area (Å²) in [7, 11) is 0. The molecule has 0 atom stereocenters. The van der Waals surface area contributed by atoms with Crippen LogP contribution in [-0.4, -0.2) is 48.9 Å². The number of nitrogens with one attached hydrogen (secondary N) is 1. The SMILES string of the molecule is c1ccc(C[N+]2(N3CCNCC3)CCCCC2)cc1. The van der Waals surface area contributed by atoms with Gasteiger partial charge in [-0.15, -0.1) is 0 Å². The first-order valence-corrected chi connectivity index (χ1v) is 7.75. The van der Waals surface area contributed by atoms with E-state index in [0.29, 0.717) is 0 Å². The van der Waals surface area contributed by atoms with Gasteiger partial charge in [-0.25, -0.2) is 4.59 Å². The molecule has 2 aliphatic rings. The Kier molecular flexibility index (Phi) is 4.16. The fraction of sp³-hybridized carbons (Fsp3) is 0.625. The van der Waals surface area contributed by atoms with E-state index >= 15 is 0 Å². The van der Waals surface area contributed by atoms with Crippen molar-refractivity contribution in [1.29, 1.82) is 0 Å². The van der Waals surface area contributed by atoms with E-state index in [1.54, 1.807) is 0 Å². The first-order chi connectivity index (χ1) is 9.39. The van der Waals surface area contributed by atoms with Gasteiger partial charge in [0.2, 0.25) is 0 Å². The molecular formula is C16H26N3+. The van der Waals surface area contributed by atoms with Crippen molar-refractivity contribution >= 4 is 0 Å². The Labute approximate surface area is 116 Å². The monoisotopic (exact) mass is 260 g/mol. The molecule has 2 saturated heterocycles. The summed E-state index contributed by atoms with van der Waals surface area (Å²) < 4.78 is 1.20. The topological polar surface area (TPSA) is 15.3 Å². The Hall–Kier alpha value is -0.900. The Bertz CT molecular complexity index is 378. The molecule has 0 unspecified atom stereocenters. The summed E-state index contributed by atoms with van der Waals surface area (Å²) in [5, 5.41) is 6.21. The van der Waals surface area contributed by atoms with Gasteiger partial charge >= 0.3 is 0 Å². The van der Waals surface area contributed by atoms with Crippen LogP contribution in [0.15, 0.2) is 30.3 Å². The van der Waals surface area contributed by atoms with Gasteiger partial charge in [-0.1, -0.05) is 30.3 Å². The minimum atomic E-state index is 1.15. The van der Waals surface area contributed by atoms with Crippen LogP contribution >= 0.6 is 0 Å². The molecule has 1 N–H and O–H groups in total. The largest absolute Gasteiger partial charge is 0.314 e. The Morgan fingerprint density at radius 2 is 1.63 bits per heavy atom. The van der Waals surface area contributed by atoms with E-state index in [-0.39, 0.29) is 0 Å². The molecule has 3 heteroatoms. The number of nitrogens with zero attached hydrogens (tertiary/aromatic N) is 2. The van der Waals surface area contributed by atoms with E-state index in [1.807, 2.05) is 0 Å². The number of likely N-dealkylation sites (tertiary alicyclic amines) is 1. The van der Waals surface area contributed by atoms with Gasteiger partial charge in [0.25, 0.3) is 0 Å². The Morgan fingerprint density at radius 3 is 2.32 bits per heavy atom. The zero-order chi connectivity index (χ0) is 13.0. The third-order valence-corrected chi connectivity index (χ3v) is 4.66. The molecule has 2 aliphatic heterocycles. The number of hydrogen-bond donors (Lipinski definition) is 1. The van der Waals surface area contributed by atoms with E-state index in [0.717, 1.165) is 13.1 Å². The third-order valence-electron chi connectivity index (χ3n) is 4.66. The fourth-order valence-corrected chi connectivity index (χ4v) is 3.64. The van der Waals surface area contributed by atoms with Gasteiger partial charge in [0, 0.05) is 18.7 Å². The van der Waals surface area contributed by atoms with E-state index in [2.05, 4.69) is 40.7 Å². The maximum atomic E-state index is 3.48. The summed E-state index contributed by atoms with van der Waals surface area (Å²) >= 11 is 0. The van der Waals surface area contributed by atoms with Crippen LogP contribution in [0.5, 0.6) is 0 Å². The van der Waals surface area contributed by atoms with E-state index in [1.165, 1.54) is 62.1 Å². The summed E-state index contributed by atoms with van der Waals surface area (Å²) in [6.45, 7) is 8.54. The van der Waals surface area contributed by atoms with Crippen molar-refractivity contribution in [2.45, 2.75) is 25.8 Å². The standard InChI is InChI=1S/C16H26N3/c1-3-7-16(8-4-1)15-19(13-5-2-6-14-19)18-11-9-17-10-12-18/h1,3-4,7-8,17H,2,5-6,9-15H2/q+1. The van der Waals surface area contributed by atoms with Crippen LogP contribution in [0, 0.1) is 0 Å². The van der Waals surface area contributed by atoms with Gasteiger partial charge in [0.05, 0.1) is 26.2 Å². The highest BCUT2D eigenvalue weighted by atomic mass is 15.8. The third kappa shape index (κ3) is 2.99. The summed E-state index contributed by atoms with van der Waals surface area (Å²) in [6.07, 6.45) is 4.19. The summed E-state index contributed by atoms with van der Waals surface area (Å²) in [5.74, 6) is 0. The van der Waals surface area contributed by atoms with E-state index in [9.17, 15) is 0 Å². The molecule has 3 nitrogen and oxygen atoms in total. The summed E-state index contributed by atoms with van der Waals surface area (Å²) in [5.41, 5.74) is 1.49. The minimum absolute atomic E-state index is 1.15. The predicted molar refractivity (Wildman–Crippen MR) is 78.4 cm³/mol. The Morgan fingerprint density at radius 1 is 0.947 bits per heavy atom. The van der Waals surface area contributed by atoms with Crippen molar-refractivity contribution in [3.63, 3.8) is 0 Å². The van der Waals surface area contributed by atoms with Crippen LogP contribution in [0.3, 0.4) is 0 Å². The zero-order valence-electron chi connectivity index (χ0n) is 11.9. The number of rotatable bonds is 3. The lowest BCUT2D eigenvalue weighted by molar-refractivity contribution is -1.05. The smallest absolute Gasteiger partial charge is 0.122 e. The van der Waals surface area contributed by atoms with Gasteiger partial charge in [-0.2, -0.15) is 5.01 Å². The first kappa shape index (κ1) is 13.1. The minimum Gasteiger partial charge on any atom is -0.314 e. The summed E-state index contributed by atoms with van der Waals surface area (Å²) in [4.78, 5) is 0. The second kappa shape index (κ2) is 6.04. The average Bonchev–Trinajstić information content (AvgIpc) is 2.50. The number of quaternary nitrogens is 1. The first-order valence-electron chi connectivity index (χ1n) is 7.75. The predicted octanol–water partition coefficient (Wildman–Crippen LogP) is 2.01. The molecule has 1 aromatic carbocycles. The molecule has 0 saturated carbocycles. The molecule has 0 aromatic heterocycles. The normalized spacial score (nSPS) is 24.2. The molecule has 0 amide bonds. The molecule has 2 fully saturated rings. The van der Waals surface area contributed by atoms with Gasteiger partial charge in [0.1, 0.15) is 6.54 Å². The molecule has 19 heavy (non-hydrogen) atoms. The van der Waals surface area contributed by atoms with Crippen molar-refractivity contribution in [2.75, 3.05) is 39.3 Å². The maximum Gasteiger partial charge on any atom is 0.122 e. The van der Waals surface area contributed by atoms with Crippen molar-refractivity contribution < 1.29 is 4.59 Å². The second-order valence-corrected chi connectivity index (χ2v) is 5.95. The molecular weight excluding hydrogens is 234 g/mol. The van der Waals surface area contributed by atoms with Gasteiger partial charge in [0.15, 0.2) is 0 Å². The lowest BCUT2D eigenvalue weighted by Gasteiger charge is -2.49. The lowest BCUT2D eigenvalue weighted by atomic mass is 10.1. The van der Waals surface area contributed by atoms with Crippen LogP contribution in [0.25, 0.3) is 0 Å². The fourth-order valence-electron chi connectivity index (χ4n) is 3.64. The second-order valence-electron chi connectivity index (χ2n) is 5.95.